The first-order chi connectivity index (χ1) is 33.0. The Labute approximate surface area is 390 Å². The van der Waals surface area contributed by atoms with E-state index in [4.69, 9.17) is 4.74 Å². The van der Waals surface area contributed by atoms with Crippen LogP contribution in [0.1, 0.15) is 47.2 Å². The summed E-state index contributed by atoms with van der Waals surface area (Å²) in [6.07, 6.45) is 0. The lowest BCUT2D eigenvalue weighted by Gasteiger charge is -2.49. The summed E-state index contributed by atoms with van der Waals surface area (Å²) in [5, 5.41) is 2.54. The Morgan fingerprint density at radius 1 is 0.343 bits per heavy atom. The average Bonchev–Trinajstić information content (AvgIpc) is 3.84. The first-order valence-corrected chi connectivity index (χ1v) is 23.3. The van der Waals surface area contributed by atoms with Crippen LogP contribution in [-0.2, 0) is 10.8 Å². The van der Waals surface area contributed by atoms with Crippen molar-refractivity contribution in [1.82, 2.24) is 4.57 Å². The van der Waals surface area contributed by atoms with Gasteiger partial charge < -0.3 is 14.2 Å². The molecule has 67 heavy (non-hydrogen) atoms. The zero-order valence-corrected chi connectivity index (χ0v) is 37.2. The first-order valence-electron chi connectivity index (χ1n) is 23.3. The van der Waals surface area contributed by atoms with Crippen LogP contribution in [0, 0.1) is 0 Å². The Morgan fingerprint density at radius 3 is 1.33 bits per heavy atom. The molecule has 14 rings (SSSR count). The Hall–Kier alpha value is -8.40. The van der Waals surface area contributed by atoms with Crippen molar-refractivity contribution in [2.75, 3.05) is 4.90 Å². The van der Waals surface area contributed by atoms with E-state index >= 15 is 0 Å². The number of hydrogen-bond donors (Lipinski definition) is 0. The molecular formula is C64H44N2O. The van der Waals surface area contributed by atoms with Crippen molar-refractivity contribution < 1.29 is 4.74 Å². The van der Waals surface area contributed by atoms with Gasteiger partial charge in [-0.1, -0.05) is 172 Å². The molecule has 3 heteroatoms. The molecule has 0 atom stereocenters. The topological polar surface area (TPSA) is 17.4 Å². The third kappa shape index (κ3) is 5.28. The van der Waals surface area contributed by atoms with E-state index in [0.717, 1.165) is 39.7 Å². The van der Waals surface area contributed by atoms with Gasteiger partial charge in [0.1, 0.15) is 11.5 Å². The van der Waals surface area contributed by atoms with Crippen LogP contribution in [0.15, 0.2) is 231 Å². The van der Waals surface area contributed by atoms with E-state index < -0.39 is 5.41 Å². The molecule has 0 N–H and O–H groups in total. The molecule has 1 aliphatic carbocycles. The van der Waals surface area contributed by atoms with Gasteiger partial charge in [-0.15, -0.1) is 0 Å². The normalized spacial score (nSPS) is 14.4. The van der Waals surface area contributed by atoms with Crippen molar-refractivity contribution in [3.8, 4) is 50.6 Å². The lowest BCUT2D eigenvalue weighted by atomic mass is 9.60. The van der Waals surface area contributed by atoms with Gasteiger partial charge >= 0.3 is 0 Å². The minimum atomic E-state index is -0.711. The van der Waals surface area contributed by atoms with E-state index in [1.807, 2.05) is 0 Å². The molecule has 0 bridgehead atoms. The number of fused-ring (bicyclic) bond motifs is 14. The summed E-state index contributed by atoms with van der Waals surface area (Å²) in [5.41, 5.74) is 20.7. The van der Waals surface area contributed by atoms with Gasteiger partial charge in [-0.25, -0.2) is 0 Å². The number of ether oxygens (including phenoxy) is 1. The van der Waals surface area contributed by atoms with Crippen molar-refractivity contribution in [1.29, 1.82) is 0 Å². The number of rotatable bonds is 4. The summed E-state index contributed by atoms with van der Waals surface area (Å²) < 4.78 is 9.28. The SMILES string of the molecule is CC1(C)c2cc(N3c4ccc(-c5ccccc5)cc4C4(c5ccccc5Oc5ccccc54)c4cc(-c5ccccc5)ccc43)ccc2-c2ccc(-n3c4ccccc4c4ccccc43)cc21. The summed E-state index contributed by atoms with van der Waals surface area (Å²) in [4.78, 5) is 2.53. The quantitative estimate of drug-likeness (QED) is 0.175. The molecule has 0 amide bonds. The lowest BCUT2D eigenvalue weighted by Crippen LogP contribution is -2.39. The van der Waals surface area contributed by atoms with Crippen LogP contribution in [0.2, 0.25) is 0 Å². The third-order valence-corrected chi connectivity index (χ3v) is 15.0. The number of aromatic nitrogens is 1. The lowest BCUT2D eigenvalue weighted by molar-refractivity contribution is 0.434. The highest BCUT2D eigenvalue weighted by molar-refractivity contribution is 6.09. The molecule has 10 aromatic carbocycles. The van der Waals surface area contributed by atoms with Gasteiger partial charge in [-0.3, -0.25) is 0 Å². The molecule has 0 radical (unpaired) electrons. The standard InChI is InChI=1S/C64H44N2O/c1-63(2)53-39-45(65-57-25-13-9-21-49(57)50-22-10-14-26-58(50)65)31-33-47(53)48-34-32-46(40-54(48)63)66-59-35-29-43(41-17-5-3-6-18-41)37-55(59)64(56-38-44(30-36-60(56)66)42-19-7-4-8-20-42)51-23-11-15-27-61(51)67-62-28-16-12-24-52(62)64/h3-40H,1-2H3. The maximum absolute atomic E-state index is 6.84. The van der Waals surface area contributed by atoms with Crippen LogP contribution >= 0.6 is 0 Å². The number of hydrogen-bond acceptors (Lipinski definition) is 2. The predicted octanol–water partition coefficient (Wildman–Crippen LogP) is 16.7. The van der Waals surface area contributed by atoms with Gasteiger partial charge in [0.05, 0.1) is 27.8 Å². The van der Waals surface area contributed by atoms with Crippen LogP contribution in [0.4, 0.5) is 17.1 Å². The highest BCUT2D eigenvalue weighted by Gasteiger charge is 2.52. The molecule has 316 valence electrons. The summed E-state index contributed by atoms with van der Waals surface area (Å²) in [5.74, 6) is 1.75. The molecule has 3 nitrogen and oxygen atoms in total. The smallest absolute Gasteiger partial charge is 0.132 e. The maximum Gasteiger partial charge on any atom is 0.132 e. The van der Waals surface area contributed by atoms with E-state index in [0.29, 0.717) is 0 Å². The zero-order chi connectivity index (χ0) is 44.4. The van der Waals surface area contributed by atoms with Gasteiger partial charge in [-0.2, -0.15) is 0 Å². The second kappa shape index (κ2) is 14.1. The van der Waals surface area contributed by atoms with Crippen molar-refractivity contribution in [3.05, 3.63) is 264 Å². The van der Waals surface area contributed by atoms with Crippen molar-refractivity contribution in [2.24, 2.45) is 0 Å². The Balaban J connectivity index is 1.01. The first kappa shape index (κ1) is 37.9. The molecular weight excluding hydrogens is 813 g/mol. The summed E-state index contributed by atoms with van der Waals surface area (Å²) >= 11 is 0. The van der Waals surface area contributed by atoms with E-state index in [2.05, 4.69) is 254 Å². The van der Waals surface area contributed by atoms with E-state index in [1.165, 1.54) is 83.1 Å². The summed E-state index contributed by atoms with van der Waals surface area (Å²) in [6, 6.07) is 85.0. The minimum absolute atomic E-state index is 0.273. The fourth-order valence-electron chi connectivity index (χ4n) is 12.0. The summed E-state index contributed by atoms with van der Waals surface area (Å²) in [6.45, 7) is 4.80. The Kier molecular flexibility index (Phi) is 7.95. The zero-order valence-electron chi connectivity index (χ0n) is 37.2. The van der Waals surface area contributed by atoms with Crippen LogP contribution < -0.4 is 9.64 Å². The molecule has 0 saturated heterocycles. The fraction of sp³-hybridized carbons (Fsp3) is 0.0625. The van der Waals surface area contributed by atoms with Crippen LogP contribution in [0.3, 0.4) is 0 Å². The summed E-state index contributed by atoms with van der Waals surface area (Å²) in [7, 11) is 0. The van der Waals surface area contributed by atoms with Crippen LogP contribution in [-0.4, -0.2) is 4.57 Å². The monoisotopic (exact) mass is 856 g/mol. The third-order valence-electron chi connectivity index (χ3n) is 15.0. The highest BCUT2D eigenvalue weighted by Crippen LogP contribution is 2.64. The largest absolute Gasteiger partial charge is 0.457 e. The van der Waals surface area contributed by atoms with Crippen molar-refractivity contribution in [3.63, 3.8) is 0 Å². The van der Waals surface area contributed by atoms with Crippen LogP contribution in [0.5, 0.6) is 11.5 Å². The second-order valence-corrected chi connectivity index (χ2v) is 18.8. The Morgan fingerprint density at radius 2 is 0.791 bits per heavy atom. The predicted molar refractivity (Wildman–Crippen MR) is 276 cm³/mol. The van der Waals surface area contributed by atoms with Crippen LogP contribution in [0.25, 0.3) is 60.9 Å². The molecule has 0 fully saturated rings. The second-order valence-electron chi connectivity index (χ2n) is 18.8. The van der Waals surface area contributed by atoms with Gasteiger partial charge in [-0.05, 0) is 128 Å². The molecule has 1 spiro atoms. The van der Waals surface area contributed by atoms with Gasteiger partial charge in [0.2, 0.25) is 0 Å². The van der Waals surface area contributed by atoms with E-state index in [1.54, 1.807) is 0 Å². The van der Waals surface area contributed by atoms with E-state index in [-0.39, 0.29) is 5.41 Å². The molecule has 3 aliphatic rings. The fourth-order valence-corrected chi connectivity index (χ4v) is 12.0. The average molecular weight is 857 g/mol. The maximum atomic E-state index is 6.84. The van der Waals surface area contributed by atoms with Crippen molar-refractivity contribution >= 4 is 38.9 Å². The van der Waals surface area contributed by atoms with E-state index in [9.17, 15) is 0 Å². The molecule has 11 aromatic rings. The van der Waals surface area contributed by atoms with Gasteiger partial charge in [0.25, 0.3) is 0 Å². The number of para-hydroxylation sites is 4. The minimum Gasteiger partial charge on any atom is -0.457 e. The van der Waals surface area contributed by atoms with Gasteiger partial charge in [0, 0.05) is 38.7 Å². The van der Waals surface area contributed by atoms with Gasteiger partial charge in [0.15, 0.2) is 0 Å². The number of benzene rings is 10. The molecule has 1 aromatic heterocycles. The molecule has 0 saturated carbocycles. The van der Waals surface area contributed by atoms with Crippen molar-refractivity contribution in [2.45, 2.75) is 24.7 Å². The molecule has 3 heterocycles. The number of anilines is 3. The molecule has 0 unspecified atom stereocenters. The highest BCUT2D eigenvalue weighted by atomic mass is 16.5. The molecule has 2 aliphatic heterocycles. The Bertz CT molecular complexity index is 3630. The number of nitrogens with zero attached hydrogens (tertiary/aromatic N) is 2.